The third-order valence-electron chi connectivity index (χ3n) is 2.39. The van der Waals surface area contributed by atoms with Crippen LogP contribution in [0.3, 0.4) is 0 Å². The van der Waals surface area contributed by atoms with Crippen molar-refractivity contribution in [3.8, 4) is 0 Å². The summed E-state index contributed by atoms with van der Waals surface area (Å²) in [7, 11) is -3.48. The van der Waals surface area contributed by atoms with Crippen molar-refractivity contribution >= 4 is 21.6 Å². The molecule has 0 aromatic heterocycles. The maximum Gasteiger partial charge on any atom is 0.308 e. The Morgan fingerprint density at radius 3 is 2.50 bits per heavy atom. The summed E-state index contributed by atoms with van der Waals surface area (Å²) in [6.07, 6.45) is 0. The van der Waals surface area contributed by atoms with E-state index in [4.69, 9.17) is 4.74 Å². The summed E-state index contributed by atoms with van der Waals surface area (Å²) in [5.41, 5.74) is 0.454. The zero-order chi connectivity index (χ0) is 11.9. The van der Waals surface area contributed by atoms with Crippen LogP contribution in [-0.2, 0) is 19.4 Å². The lowest BCUT2D eigenvalue weighted by atomic mass is 10.2. The van der Waals surface area contributed by atoms with Gasteiger partial charge in [0.05, 0.1) is 9.80 Å². The lowest BCUT2D eigenvalue weighted by Gasteiger charge is -2.03. The second-order valence-corrected chi connectivity index (χ2v) is 5.54. The van der Waals surface area contributed by atoms with Crippen LogP contribution >= 0.6 is 0 Å². The van der Waals surface area contributed by atoms with Crippen LogP contribution in [-0.4, -0.2) is 14.4 Å². The van der Waals surface area contributed by atoms with Gasteiger partial charge >= 0.3 is 5.97 Å². The largest absolute Gasteiger partial charge is 0.425 e. The Morgan fingerprint density at radius 2 is 1.88 bits per heavy atom. The molecule has 0 saturated heterocycles. The molecule has 0 amide bonds. The second-order valence-electron chi connectivity index (χ2n) is 3.48. The molecule has 0 saturated carbocycles. The number of sulfone groups is 1. The van der Waals surface area contributed by atoms with E-state index in [1.54, 1.807) is 18.2 Å². The van der Waals surface area contributed by atoms with Crippen LogP contribution in [0.25, 0.3) is 5.76 Å². The molecule has 0 radical (unpaired) electrons. The van der Waals surface area contributed by atoms with Crippen LogP contribution < -0.4 is 0 Å². The molecule has 0 N–H and O–H groups in total. The van der Waals surface area contributed by atoms with Gasteiger partial charge in [0, 0.05) is 12.5 Å². The van der Waals surface area contributed by atoms with E-state index in [-0.39, 0.29) is 15.6 Å². The molecule has 0 bridgehead atoms. The van der Waals surface area contributed by atoms with Gasteiger partial charge in [-0.2, -0.15) is 0 Å². The number of carbonyl (C=O) groups excluding carboxylic acids is 1. The van der Waals surface area contributed by atoms with Gasteiger partial charge in [-0.15, -0.1) is 0 Å². The van der Waals surface area contributed by atoms with Crippen molar-refractivity contribution < 1.29 is 17.9 Å². The number of esters is 1. The highest BCUT2D eigenvalue weighted by atomic mass is 32.2. The van der Waals surface area contributed by atoms with E-state index in [1.165, 1.54) is 19.9 Å². The second kappa shape index (κ2) is 3.45. The zero-order valence-corrected chi connectivity index (χ0v) is 9.67. The molecule has 2 rings (SSSR count). The van der Waals surface area contributed by atoms with E-state index >= 15 is 0 Å². The number of fused-ring (bicyclic) bond motifs is 1. The minimum atomic E-state index is -3.48. The van der Waals surface area contributed by atoms with Gasteiger partial charge in [-0.25, -0.2) is 8.42 Å². The van der Waals surface area contributed by atoms with Crippen molar-refractivity contribution in [2.24, 2.45) is 0 Å². The number of carbonyl (C=O) groups is 1. The Labute approximate surface area is 93.5 Å². The highest BCUT2D eigenvalue weighted by Gasteiger charge is 2.34. The Morgan fingerprint density at radius 1 is 1.25 bits per heavy atom. The van der Waals surface area contributed by atoms with Gasteiger partial charge in [-0.3, -0.25) is 4.79 Å². The minimum absolute atomic E-state index is 0.0869. The molecule has 16 heavy (non-hydrogen) atoms. The quantitative estimate of drug-likeness (QED) is 0.699. The van der Waals surface area contributed by atoms with Crippen molar-refractivity contribution in [2.75, 3.05) is 0 Å². The van der Waals surface area contributed by atoms with E-state index in [9.17, 15) is 13.2 Å². The summed E-state index contributed by atoms with van der Waals surface area (Å²) < 4.78 is 28.8. The molecule has 0 unspecified atom stereocenters. The molecule has 1 heterocycles. The molecule has 0 fully saturated rings. The summed E-state index contributed by atoms with van der Waals surface area (Å²) in [4.78, 5) is 11.2. The van der Waals surface area contributed by atoms with E-state index in [0.717, 1.165) is 0 Å². The number of hydrogen-bond donors (Lipinski definition) is 0. The molecule has 5 heteroatoms. The van der Waals surface area contributed by atoms with Crippen LogP contribution in [0.5, 0.6) is 0 Å². The average Bonchev–Trinajstić information content (AvgIpc) is 2.41. The Hall–Kier alpha value is -1.62. The molecule has 84 valence electrons. The number of hydrogen-bond acceptors (Lipinski definition) is 4. The number of rotatable bonds is 1. The summed E-state index contributed by atoms with van der Waals surface area (Å²) in [5.74, 6) is -0.385. The number of allylic oxidation sites excluding steroid dienone is 1. The Balaban J connectivity index is 2.69. The molecule has 1 aliphatic rings. The van der Waals surface area contributed by atoms with Gasteiger partial charge in [0.2, 0.25) is 9.84 Å². The van der Waals surface area contributed by atoms with E-state index in [2.05, 4.69) is 0 Å². The monoisotopic (exact) mass is 238 g/mol. The van der Waals surface area contributed by atoms with Crippen molar-refractivity contribution in [2.45, 2.75) is 18.7 Å². The van der Waals surface area contributed by atoms with E-state index in [1.807, 2.05) is 0 Å². The molecular weight excluding hydrogens is 228 g/mol. The van der Waals surface area contributed by atoms with Crippen LogP contribution in [0.1, 0.15) is 19.4 Å². The Kier molecular flexibility index (Phi) is 2.35. The highest BCUT2D eigenvalue weighted by molar-refractivity contribution is 7.95. The first kappa shape index (κ1) is 10.9. The lowest BCUT2D eigenvalue weighted by molar-refractivity contribution is -0.134. The van der Waals surface area contributed by atoms with Gasteiger partial charge < -0.3 is 4.74 Å². The molecule has 0 spiro atoms. The first-order chi connectivity index (χ1) is 7.44. The van der Waals surface area contributed by atoms with Gasteiger partial charge in [0.25, 0.3) is 0 Å². The van der Waals surface area contributed by atoms with Gasteiger partial charge in [-0.05, 0) is 19.1 Å². The van der Waals surface area contributed by atoms with Crippen LogP contribution in [0.15, 0.2) is 34.1 Å². The maximum atomic E-state index is 11.9. The molecule has 4 nitrogen and oxygen atoms in total. The number of ether oxygens (including phenoxy) is 1. The fourth-order valence-electron chi connectivity index (χ4n) is 1.64. The third-order valence-corrected chi connectivity index (χ3v) is 4.32. The third kappa shape index (κ3) is 1.44. The van der Waals surface area contributed by atoms with Crippen LogP contribution in [0, 0.1) is 0 Å². The molecule has 1 aromatic carbocycles. The Bertz CT molecular complexity index is 596. The average molecular weight is 238 g/mol. The fourth-order valence-corrected chi connectivity index (χ4v) is 3.07. The summed E-state index contributed by atoms with van der Waals surface area (Å²) in [6, 6.07) is 6.48. The SMILES string of the molecule is CC(=O)OC1=C(C)S(=O)(=O)c2ccccc21. The standard InChI is InChI=1S/C11H10O4S/c1-7-11(15-8(2)12)9-5-3-4-6-10(9)16(7,13)14/h3-6H,1-2H3. The summed E-state index contributed by atoms with van der Waals surface area (Å²) in [5, 5.41) is 0. The maximum absolute atomic E-state index is 11.9. The minimum Gasteiger partial charge on any atom is -0.425 e. The lowest BCUT2D eigenvalue weighted by Crippen LogP contribution is -1.99. The fraction of sp³-hybridized carbons (Fsp3) is 0.182. The van der Waals surface area contributed by atoms with Crippen molar-refractivity contribution in [3.05, 3.63) is 34.7 Å². The summed E-state index contributed by atoms with van der Waals surface area (Å²) in [6.45, 7) is 2.68. The van der Waals surface area contributed by atoms with Gasteiger partial charge in [-0.1, -0.05) is 12.1 Å². The van der Waals surface area contributed by atoms with Crippen LogP contribution in [0.4, 0.5) is 0 Å². The van der Waals surface area contributed by atoms with E-state index in [0.29, 0.717) is 5.56 Å². The predicted octanol–water partition coefficient (Wildman–Crippen LogP) is 1.73. The van der Waals surface area contributed by atoms with Crippen molar-refractivity contribution in [1.29, 1.82) is 0 Å². The molecule has 1 aliphatic heterocycles. The van der Waals surface area contributed by atoms with Crippen molar-refractivity contribution in [1.82, 2.24) is 0 Å². The van der Waals surface area contributed by atoms with Gasteiger partial charge in [0.1, 0.15) is 0 Å². The smallest absolute Gasteiger partial charge is 0.308 e. The predicted molar refractivity (Wildman–Crippen MR) is 58.0 cm³/mol. The first-order valence-corrected chi connectivity index (χ1v) is 6.16. The van der Waals surface area contributed by atoms with E-state index < -0.39 is 15.8 Å². The first-order valence-electron chi connectivity index (χ1n) is 4.68. The van der Waals surface area contributed by atoms with Gasteiger partial charge in [0.15, 0.2) is 5.76 Å². The highest BCUT2D eigenvalue weighted by Crippen LogP contribution is 2.39. The normalized spacial score (nSPS) is 17.1. The van der Waals surface area contributed by atoms with Crippen molar-refractivity contribution in [3.63, 3.8) is 0 Å². The zero-order valence-electron chi connectivity index (χ0n) is 8.85. The number of benzene rings is 1. The molecule has 0 aliphatic carbocycles. The topological polar surface area (TPSA) is 60.4 Å². The summed E-state index contributed by atoms with van der Waals surface area (Å²) >= 11 is 0. The van der Waals surface area contributed by atoms with Crippen LogP contribution in [0.2, 0.25) is 0 Å². The molecular formula is C11H10O4S. The molecule has 1 aromatic rings. The molecule has 0 atom stereocenters.